The average Bonchev–Trinajstić information content (AvgIpc) is 2.38. The molecule has 1 amide bonds. The number of amides is 1. The van der Waals surface area contributed by atoms with Gasteiger partial charge in [0.05, 0.1) is 5.69 Å². The lowest BCUT2D eigenvalue weighted by Gasteiger charge is -2.11. The van der Waals surface area contributed by atoms with E-state index in [1.165, 1.54) is 12.3 Å². The van der Waals surface area contributed by atoms with E-state index in [0.29, 0.717) is 11.3 Å². The second-order valence-electron chi connectivity index (χ2n) is 3.84. The van der Waals surface area contributed by atoms with Crippen LogP contribution >= 0.6 is 0 Å². The van der Waals surface area contributed by atoms with Gasteiger partial charge in [-0.3, -0.25) is 9.59 Å². The Morgan fingerprint density at radius 3 is 2.50 bits per heavy atom. The van der Waals surface area contributed by atoms with Gasteiger partial charge < -0.3 is 15.8 Å². The van der Waals surface area contributed by atoms with Crippen molar-refractivity contribution in [3.63, 3.8) is 0 Å². The van der Waals surface area contributed by atoms with Gasteiger partial charge in [-0.25, -0.2) is 0 Å². The Bertz CT molecular complexity index is 620. The van der Waals surface area contributed by atoms with Crippen molar-refractivity contribution >= 4 is 5.91 Å². The van der Waals surface area contributed by atoms with E-state index in [1.807, 2.05) is 6.07 Å². The molecule has 1 aromatic carbocycles. The van der Waals surface area contributed by atoms with Crippen molar-refractivity contribution in [3.8, 4) is 0 Å². The van der Waals surface area contributed by atoms with Gasteiger partial charge in [0.25, 0.3) is 5.91 Å². The fraction of sp³-hybridized carbons (Fsp3) is 0.0769. The zero-order chi connectivity index (χ0) is 13.1. The van der Waals surface area contributed by atoms with Crippen LogP contribution in [0.25, 0.3) is 0 Å². The molecule has 0 fully saturated rings. The predicted octanol–water partition coefficient (Wildman–Crippen LogP) is 0.556. The third kappa shape index (κ3) is 2.31. The lowest BCUT2D eigenvalue weighted by Crippen LogP contribution is -2.22. The fourth-order valence-electron chi connectivity index (χ4n) is 1.65. The molecular formula is C13H12N2O3. The van der Waals surface area contributed by atoms with E-state index in [2.05, 4.69) is 4.98 Å². The zero-order valence-corrected chi connectivity index (χ0v) is 9.46. The van der Waals surface area contributed by atoms with Crippen molar-refractivity contribution in [3.05, 3.63) is 69.6 Å². The first kappa shape index (κ1) is 12.1. The number of aliphatic hydroxyl groups excluding tert-OH is 1. The zero-order valence-electron chi connectivity index (χ0n) is 9.46. The Morgan fingerprint density at radius 1 is 1.28 bits per heavy atom. The van der Waals surface area contributed by atoms with E-state index in [9.17, 15) is 14.7 Å². The fourth-order valence-corrected chi connectivity index (χ4v) is 1.65. The van der Waals surface area contributed by atoms with E-state index >= 15 is 0 Å². The van der Waals surface area contributed by atoms with Crippen molar-refractivity contribution in [2.24, 2.45) is 5.73 Å². The quantitative estimate of drug-likeness (QED) is 0.735. The van der Waals surface area contributed by atoms with E-state index < -0.39 is 17.4 Å². The summed E-state index contributed by atoms with van der Waals surface area (Å²) in [5.41, 5.74) is 5.37. The first-order valence-electron chi connectivity index (χ1n) is 5.35. The largest absolute Gasteiger partial charge is 0.382 e. The number of carbonyl (C=O) groups is 1. The van der Waals surface area contributed by atoms with Gasteiger partial charge in [-0.1, -0.05) is 30.3 Å². The minimum absolute atomic E-state index is 0.126. The molecule has 0 aliphatic carbocycles. The van der Waals surface area contributed by atoms with Crippen LogP contribution in [0, 0.1) is 0 Å². The standard InChI is InChI=1S/C13H12N2O3/c14-13(18)9-7-15-10(6-11(9)16)12(17)8-4-2-1-3-5-8/h1-7,12,17H,(H2,14,18)(H,15,16). The van der Waals surface area contributed by atoms with Crippen molar-refractivity contribution in [2.45, 2.75) is 6.10 Å². The van der Waals surface area contributed by atoms with Gasteiger partial charge in [0.15, 0.2) is 5.43 Å². The van der Waals surface area contributed by atoms with Crippen LogP contribution in [-0.2, 0) is 0 Å². The summed E-state index contributed by atoms with van der Waals surface area (Å²) in [6.07, 6.45) is 0.271. The summed E-state index contributed by atoms with van der Waals surface area (Å²) in [5, 5.41) is 10.1. The van der Waals surface area contributed by atoms with Gasteiger partial charge in [-0.2, -0.15) is 0 Å². The monoisotopic (exact) mass is 244 g/mol. The van der Waals surface area contributed by atoms with Gasteiger partial charge >= 0.3 is 0 Å². The number of H-pyrrole nitrogens is 1. The van der Waals surface area contributed by atoms with Crippen LogP contribution in [-0.4, -0.2) is 16.0 Å². The van der Waals surface area contributed by atoms with Crippen molar-refractivity contribution < 1.29 is 9.90 Å². The molecule has 0 saturated heterocycles. The second-order valence-corrected chi connectivity index (χ2v) is 3.84. The molecule has 92 valence electrons. The number of carbonyl (C=O) groups excluding carboxylic acids is 1. The molecule has 18 heavy (non-hydrogen) atoms. The highest BCUT2D eigenvalue weighted by atomic mass is 16.3. The summed E-state index contributed by atoms with van der Waals surface area (Å²) >= 11 is 0. The molecule has 5 heteroatoms. The molecule has 1 aromatic heterocycles. The SMILES string of the molecule is NC(=O)c1c[nH]c(C(O)c2ccccc2)cc1=O. The van der Waals surface area contributed by atoms with Gasteiger partial charge in [0, 0.05) is 12.3 Å². The van der Waals surface area contributed by atoms with Crippen LogP contribution < -0.4 is 11.2 Å². The highest BCUT2D eigenvalue weighted by Crippen LogP contribution is 2.18. The summed E-state index contributed by atoms with van der Waals surface area (Å²) in [4.78, 5) is 25.2. The maximum Gasteiger partial charge on any atom is 0.254 e. The molecule has 0 aliphatic rings. The van der Waals surface area contributed by atoms with E-state index in [4.69, 9.17) is 5.73 Å². The molecule has 0 saturated carbocycles. The Kier molecular flexibility index (Phi) is 3.25. The van der Waals surface area contributed by atoms with Crippen LogP contribution in [0.3, 0.4) is 0 Å². The van der Waals surface area contributed by atoms with Crippen LogP contribution in [0.5, 0.6) is 0 Å². The van der Waals surface area contributed by atoms with E-state index in [0.717, 1.165) is 0 Å². The molecule has 0 bridgehead atoms. The molecule has 1 unspecified atom stereocenters. The van der Waals surface area contributed by atoms with Crippen molar-refractivity contribution in [1.29, 1.82) is 0 Å². The number of aliphatic hydroxyl groups is 1. The third-order valence-corrected chi connectivity index (χ3v) is 2.61. The molecule has 5 nitrogen and oxygen atoms in total. The smallest absolute Gasteiger partial charge is 0.254 e. The third-order valence-electron chi connectivity index (χ3n) is 2.61. The molecule has 1 heterocycles. The summed E-state index contributed by atoms with van der Waals surface area (Å²) in [6.45, 7) is 0. The summed E-state index contributed by atoms with van der Waals surface area (Å²) < 4.78 is 0. The number of pyridine rings is 1. The van der Waals surface area contributed by atoms with Gasteiger partial charge in [0.1, 0.15) is 11.7 Å². The van der Waals surface area contributed by atoms with Crippen LogP contribution in [0.2, 0.25) is 0 Å². The Morgan fingerprint density at radius 2 is 1.94 bits per heavy atom. The molecule has 0 radical (unpaired) electrons. The molecular weight excluding hydrogens is 232 g/mol. The summed E-state index contributed by atoms with van der Waals surface area (Å²) in [6, 6.07) is 10.1. The van der Waals surface area contributed by atoms with Crippen molar-refractivity contribution in [1.82, 2.24) is 4.98 Å². The van der Waals surface area contributed by atoms with Crippen LogP contribution in [0.1, 0.15) is 27.7 Å². The number of hydrogen-bond donors (Lipinski definition) is 3. The molecule has 2 aromatic rings. The topological polar surface area (TPSA) is 96.2 Å². The number of nitrogens with two attached hydrogens (primary N) is 1. The number of aromatic nitrogens is 1. The maximum atomic E-state index is 11.6. The highest BCUT2D eigenvalue weighted by molar-refractivity contribution is 5.92. The van der Waals surface area contributed by atoms with Gasteiger partial charge in [-0.05, 0) is 5.56 Å². The second kappa shape index (κ2) is 4.85. The number of nitrogens with one attached hydrogen (secondary N) is 1. The predicted molar refractivity (Wildman–Crippen MR) is 66.1 cm³/mol. The Hall–Kier alpha value is -2.40. The van der Waals surface area contributed by atoms with Crippen LogP contribution in [0.4, 0.5) is 0 Å². The maximum absolute atomic E-state index is 11.6. The van der Waals surface area contributed by atoms with Gasteiger partial charge in [0.2, 0.25) is 0 Å². The number of aromatic amines is 1. The van der Waals surface area contributed by atoms with E-state index in [1.54, 1.807) is 24.3 Å². The van der Waals surface area contributed by atoms with Crippen molar-refractivity contribution in [2.75, 3.05) is 0 Å². The minimum atomic E-state index is -0.944. The number of benzene rings is 1. The minimum Gasteiger partial charge on any atom is -0.382 e. The first-order chi connectivity index (χ1) is 8.59. The summed E-state index contributed by atoms with van der Waals surface area (Å²) in [5.74, 6) is -0.794. The first-order valence-corrected chi connectivity index (χ1v) is 5.35. The number of primary amides is 1. The lowest BCUT2D eigenvalue weighted by atomic mass is 10.1. The van der Waals surface area contributed by atoms with Crippen LogP contribution in [0.15, 0.2) is 47.4 Å². The highest BCUT2D eigenvalue weighted by Gasteiger charge is 2.13. The molecule has 0 spiro atoms. The Balaban J connectivity index is 2.39. The molecule has 2 rings (SSSR count). The molecule has 0 aliphatic heterocycles. The number of rotatable bonds is 3. The Labute approximate surface area is 103 Å². The lowest BCUT2D eigenvalue weighted by molar-refractivity contribution is 0.0998. The number of hydrogen-bond acceptors (Lipinski definition) is 3. The summed E-state index contributed by atoms with van der Waals surface area (Å²) in [7, 11) is 0. The molecule has 1 atom stereocenters. The average molecular weight is 244 g/mol. The normalized spacial score (nSPS) is 12.1. The van der Waals surface area contributed by atoms with Gasteiger partial charge in [-0.15, -0.1) is 0 Å². The molecule has 4 N–H and O–H groups in total. The van der Waals surface area contributed by atoms with E-state index in [-0.39, 0.29) is 5.56 Å².